The number of sulfonamides is 1. The summed E-state index contributed by atoms with van der Waals surface area (Å²) in [4.78, 5) is 14.5. The molecule has 0 radical (unpaired) electrons. The second kappa shape index (κ2) is 8.49. The molecule has 1 unspecified atom stereocenters. The molecule has 3 aromatic rings. The summed E-state index contributed by atoms with van der Waals surface area (Å²) in [5.41, 5.74) is 1.86. The van der Waals surface area contributed by atoms with E-state index < -0.39 is 15.8 Å². The van der Waals surface area contributed by atoms with Gasteiger partial charge in [0.15, 0.2) is 0 Å². The molecule has 1 fully saturated rings. The highest BCUT2D eigenvalue weighted by Crippen LogP contribution is 2.38. The Labute approximate surface area is 191 Å². The van der Waals surface area contributed by atoms with Crippen LogP contribution in [-0.4, -0.2) is 27.0 Å². The molecule has 2 N–H and O–H groups in total. The quantitative estimate of drug-likeness (QED) is 0.597. The fourth-order valence-electron chi connectivity index (χ4n) is 4.17. The zero-order valence-electron chi connectivity index (χ0n) is 17.6. The van der Waals surface area contributed by atoms with Crippen molar-refractivity contribution >= 4 is 21.6 Å². The lowest BCUT2D eigenvalue weighted by atomic mass is 10.2. The van der Waals surface area contributed by atoms with Crippen molar-refractivity contribution in [1.82, 2.24) is 10.0 Å². The van der Waals surface area contributed by atoms with E-state index in [1.165, 1.54) is 30.3 Å². The van der Waals surface area contributed by atoms with E-state index >= 15 is 0 Å². The molecule has 1 saturated heterocycles. The summed E-state index contributed by atoms with van der Waals surface area (Å²) in [6.07, 6.45) is 1.55. The van der Waals surface area contributed by atoms with Crippen molar-refractivity contribution in [2.24, 2.45) is 0 Å². The van der Waals surface area contributed by atoms with Gasteiger partial charge < -0.3 is 15.0 Å². The summed E-state index contributed by atoms with van der Waals surface area (Å²) >= 11 is 0. The predicted molar refractivity (Wildman–Crippen MR) is 121 cm³/mol. The lowest BCUT2D eigenvalue weighted by Crippen LogP contribution is -2.48. The van der Waals surface area contributed by atoms with E-state index in [9.17, 15) is 17.6 Å². The molecule has 2 aliphatic rings. The number of benzene rings is 3. The Morgan fingerprint density at radius 2 is 1.88 bits per heavy atom. The minimum Gasteiger partial charge on any atom is -0.457 e. The van der Waals surface area contributed by atoms with Crippen LogP contribution in [-0.2, 0) is 16.6 Å². The lowest BCUT2D eigenvalue weighted by molar-refractivity contribution is 0.0951. The first-order valence-electron chi connectivity index (χ1n) is 10.6. The van der Waals surface area contributed by atoms with E-state index in [1.807, 2.05) is 6.07 Å². The zero-order valence-corrected chi connectivity index (χ0v) is 18.4. The largest absolute Gasteiger partial charge is 0.457 e. The minimum absolute atomic E-state index is 0.184. The van der Waals surface area contributed by atoms with Crippen molar-refractivity contribution in [2.45, 2.75) is 30.4 Å². The van der Waals surface area contributed by atoms with Crippen molar-refractivity contribution in [2.75, 3.05) is 11.4 Å². The average Bonchev–Trinajstić information content (AvgIpc) is 3.26. The second-order valence-corrected chi connectivity index (χ2v) is 9.72. The maximum absolute atomic E-state index is 13.0. The molecule has 33 heavy (non-hydrogen) atoms. The number of amides is 1. The molecule has 0 spiro atoms. The van der Waals surface area contributed by atoms with Crippen LogP contribution in [0.3, 0.4) is 0 Å². The number of ether oxygens (including phenoxy) is 1. The molecule has 2 heterocycles. The van der Waals surface area contributed by atoms with Gasteiger partial charge in [0.1, 0.15) is 22.2 Å². The molecular weight excluding hydrogens is 445 g/mol. The van der Waals surface area contributed by atoms with Gasteiger partial charge in [0.05, 0.1) is 11.9 Å². The van der Waals surface area contributed by atoms with E-state index in [1.54, 1.807) is 30.3 Å². The Morgan fingerprint density at radius 1 is 1.09 bits per heavy atom. The van der Waals surface area contributed by atoms with Crippen LogP contribution in [0.25, 0.3) is 0 Å². The van der Waals surface area contributed by atoms with Gasteiger partial charge >= 0.3 is 0 Å². The molecular formula is C24H22FN3O4S. The highest BCUT2D eigenvalue weighted by atomic mass is 32.2. The normalized spacial score (nSPS) is 18.3. The molecule has 7 nitrogen and oxygen atoms in total. The van der Waals surface area contributed by atoms with E-state index in [0.717, 1.165) is 24.9 Å². The van der Waals surface area contributed by atoms with Crippen molar-refractivity contribution in [3.8, 4) is 11.5 Å². The zero-order chi connectivity index (χ0) is 23.0. The number of hydrogen-bond acceptors (Lipinski definition) is 5. The van der Waals surface area contributed by atoms with Crippen molar-refractivity contribution < 1.29 is 22.3 Å². The monoisotopic (exact) mass is 467 g/mol. The van der Waals surface area contributed by atoms with E-state index in [0.29, 0.717) is 22.7 Å². The molecule has 0 saturated carbocycles. The molecule has 0 aliphatic carbocycles. The summed E-state index contributed by atoms with van der Waals surface area (Å²) in [5.74, 6) is 0.212. The Bertz CT molecular complexity index is 1310. The maximum Gasteiger partial charge on any atom is 0.251 e. The number of nitrogens with one attached hydrogen (secondary N) is 2. The third kappa shape index (κ3) is 4.42. The van der Waals surface area contributed by atoms with Crippen LogP contribution in [0.4, 0.5) is 10.1 Å². The summed E-state index contributed by atoms with van der Waals surface area (Å²) < 4.78 is 47.1. The van der Waals surface area contributed by atoms with Gasteiger partial charge in [-0.2, -0.15) is 4.72 Å². The molecule has 1 amide bonds. The number of carbonyl (C=O) groups is 1. The average molecular weight is 468 g/mol. The Hall–Kier alpha value is -3.43. The van der Waals surface area contributed by atoms with Gasteiger partial charge in [-0.1, -0.05) is 12.1 Å². The molecule has 5 rings (SSSR count). The van der Waals surface area contributed by atoms with Crippen LogP contribution in [0.15, 0.2) is 71.6 Å². The van der Waals surface area contributed by atoms with Crippen LogP contribution in [0.2, 0.25) is 0 Å². The summed E-state index contributed by atoms with van der Waals surface area (Å²) in [6.45, 7) is 1.07. The number of carbonyl (C=O) groups excluding carboxylic acids is 1. The highest BCUT2D eigenvalue weighted by molar-refractivity contribution is 7.89. The first-order chi connectivity index (χ1) is 15.9. The number of nitrogens with zero attached hydrogens (tertiary/aromatic N) is 1. The van der Waals surface area contributed by atoms with Gasteiger partial charge in [0.25, 0.3) is 5.91 Å². The van der Waals surface area contributed by atoms with Gasteiger partial charge in [-0.15, -0.1) is 0 Å². The second-order valence-electron chi connectivity index (χ2n) is 8.04. The van der Waals surface area contributed by atoms with Crippen molar-refractivity contribution in [3.63, 3.8) is 0 Å². The first kappa shape index (κ1) is 21.4. The van der Waals surface area contributed by atoms with Crippen LogP contribution in [0.5, 0.6) is 11.5 Å². The van der Waals surface area contributed by atoms with E-state index in [4.69, 9.17) is 4.74 Å². The maximum atomic E-state index is 13.0. The topological polar surface area (TPSA) is 87.7 Å². The smallest absolute Gasteiger partial charge is 0.251 e. The minimum atomic E-state index is -3.61. The van der Waals surface area contributed by atoms with Gasteiger partial charge in [-0.25, -0.2) is 12.8 Å². The van der Waals surface area contributed by atoms with Gasteiger partial charge in [0.2, 0.25) is 10.0 Å². The fourth-order valence-corrected chi connectivity index (χ4v) is 5.63. The van der Waals surface area contributed by atoms with E-state index in [2.05, 4.69) is 14.9 Å². The molecule has 170 valence electrons. The Kier molecular flexibility index (Phi) is 5.51. The number of rotatable bonds is 5. The first-order valence-corrected chi connectivity index (χ1v) is 12.1. The summed E-state index contributed by atoms with van der Waals surface area (Å²) in [5, 5.41) is 2.79. The molecule has 1 atom stereocenters. The fraction of sp³-hybridized carbons (Fsp3) is 0.208. The summed E-state index contributed by atoms with van der Waals surface area (Å²) in [7, 11) is -3.61. The Balaban J connectivity index is 1.30. The summed E-state index contributed by atoms with van der Waals surface area (Å²) in [6, 6.07) is 17.6. The molecule has 9 heteroatoms. The van der Waals surface area contributed by atoms with Crippen LogP contribution in [0.1, 0.15) is 28.8 Å². The van der Waals surface area contributed by atoms with Crippen molar-refractivity contribution in [1.29, 1.82) is 0 Å². The van der Waals surface area contributed by atoms with E-state index in [-0.39, 0.29) is 23.5 Å². The highest BCUT2D eigenvalue weighted by Gasteiger charge is 2.37. The van der Waals surface area contributed by atoms with Crippen LogP contribution < -0.4 is 19.7 Å². The predicted octanol–water partition coefficient (Wildman–Crippen LogP) is 3.77. The number of fused-ring (bicyclic) bond motifs is 3. The van der Waals surface area contributed by atoms with Gasteiger partial charge in [-0.05, 0) is 66.9 Å². The Morgan fingerprint density at radius 3 is 2.70 bits per heavy atom. The van der Waals surface area contributed by atoms with Crippen LogP contribution in [0, 0.1) is 5.82 Å². The number of hydrogen-bond donors (Lipinski definition) is 2. The molecule has 3 aromatic carbocycles. The number of anilines is 1. The number of halogens is 1. The van der Waals surface area contributed by atoms with Crippen molar-refractivity contribution in [3.05, 3.63) is 83.7 Å². The molecule has 0 aromatic heterocycles. The van der Waals surface area contributed by atoms with Gasteiger partial charge in [0, 0.05) is 24.7 Å². The SMILES string of the molecule is O=C(NCc1cccc(Oc2ccc3c(c2)S(=O)(=O)NC2CCCN32)c1)c1ccc(F)cc1. The third-order valence-electron chi connectivity index (χ3n) is 5.77. The third-order valence-corrected chi connectivity index (χ3v) is 7.26. The molecule has 0 bridgehead atoms. The van der Waals surface area contributed by atoms with Gasteiger partial charge in [-0.3, -0.25) is 4.79 Å². The van der Waals surface area contributed by atoms with Crippen LogP contribution >= 0.6 is 0 Å². The standard InChI is InChI=1S/C24H22FN3O4S/c25-18-8-6-17(7-9-18)24(29)26-15-16-3-1-4-19(13-16)32-20-10-11-21-22(14-20)33(30,31)27-23-5-2-12-28(21)23/h1,3-4,6-11,13-14,23,27H,2,5,12,15H2,(H,26,29). The molecule has 2 aliphatic heterocycles. The lowest BCUT2D eigenvalue weighted by Gasteiger charge is -2.33.